The predicted octanol–water partition coefficient (Wildman–Crippen LogP) is 3.38. The Bertz CT molecular complexity index is 748. The number of hydrogen-bond donors (Lipinski definition) is 0. The topological polar surface area (TPSA) is 62.6 Å². The van der Waals surface area contributed by atoms with Crippen LogP contribution in [0, 0.1) is 11.3 Å². The van der Waals surface area contributed by atoms with Crippen molar-refractivity contribution >= 4 is 5.91 Å². The van der Waals surface area contributed by atoms with E-state index in [-0.39, 0.29) is 18.6 Å². The molecule has 25 heavy (non-hydrogen) atoms. The molecule has 0 aliphatic rings. The molecule has 0 fully saturated rings. The molecule has 2 rings (SSSR count). The molecule has 0 radical (unpaired) electrons. The highest BCUT2D eigenvalue weighted by Gasteiger charge is 2.18. The molecule has 0 aromatic heterocycles. The lowest BCUT2D eigenvalue weighted by molar-refractivity contribution is -0.135. The van der Waals surface area contributed by atoms with E-state index in [0.29, 0.717) is 23.6 Å². The van der Waals surface area contributed by atoms with Crippen LogP contribution in [0.25, 0.3) is 0 Å². The van der Waals surface area contributed by atoms with E-state index in [1.54, 1.807) is 36.3 Å². The van der Waals surface area contributed by atoms with Gasteiger partial charge in [0.05, 0.1) is 18.7 Å². The lowest BCUT2D eigenvalue weighted by atomic mass is 10.1. The van der Waals surface area contributed by atoms with Crippen molar-refractivity contribution < 1.29 is 14.3 Å². The van der Waals surface area contributed by atoms with E-state index in [9.17, 15) is 4.79 Å². The number of nitrogens with zero attached hydrogens (tertiary/aromatic N) is 2. The lowest BCUT2D eigenvalue weighted by Gasteiger charge is -2.27. The normalized spacial score (nSPS) is 10.2. The molecule has 0 saturated carbocycles. The molecule has 2 aromatic carbocycles. The number of carbonyl (C=O) groups excluding carboxylic acids is 1. The number of amides is 1. The number of nitriles is 1. The summed E-state index contributed by atoms with van der Waals surface area (Å²) in [6.45, 7) is 4.37. The highest BCUT2D eigenvalue weighted by Crippen LogP contribution is 2.19. The van der Waals surface area contributed by atoms with Gasteiger partial charge in [-0.1, -0.05) is 18.2 Å². The quantitative estimate of drug-likeness (QED) is 0.776. The first-order valence-electron chi connectivity index (χ1n) is 8.09. The van der Waals surface area contributed by atoms with Crippen molar-refractivity contribution in [2.75, 3.05) is 13.7 Å². The van der Waals surface area contributed by atoms with E-state index < -0.39 is 0 Å². The summed E-state index contributed by atoms with van der Waals surface area (Å²) in [6, 6.07) is 16.5. The fourth-order valence-corrected chi connectivity index (χ4v) is 2.36. The maximum atomic E-state index is 12.6. The van der Waals surface area contributed by atoms with Crippen LogP contribution >= 0.6 is 0 Å². The lowest BCUT2D eigenvalue weighted by Crippen LogP contribution is -2.39. The summed E-state index contributed by atoms with van der Waals surface area (Å²) in [5, 5.41) is 8.86. The molecular weight excluding hydrogens is 316 g/mol. The summed E-state index contributed by atoms with van der Waals surface area (Å²) in [6.07, 6.45) is 0. The Morgan fingerprint density at radius 2 is 1.84 bits per heavy atom. The third kappa shape index (κ3) is 5.25. The van der Waals surface area contributed by atoms with Crippen LogP contribution in [-0.4, -0.2) is 30.6 Å². The molecular formula is C20H22N2O3. The fraction of sp³-hybridized carbons (Fsp3) is 0.300. The number of rotatable bonds is 7. The van der Waals surface area contributed by atoms with Crippen LogP contribution in [-0.2, 0) is 11.3 Å². The Morgan fingerprint density at radius 3 is 2.44 bits per heavy atom. The molecule has 0 saturated heterocycles. The standard InChI is InChI=1S/C20H22N2O3/c1-15(2)22(13-17-9-7-16(12-21)8-10-17)20(23)14-25-19-6-4-5-18(11-19)24-3/h4-11,15H,13-14H2,1-3H3. The molecule has 0 unspecified atom stereocenters. The van der Waals surface area contributed by atoms with Crippen LogP contribution in [0.2, 0.25) is 0 Å². The number of carbonyl (C=O) groups is 1. The molecule has 0 heterocycles. The third-order valence-electron chi connectivity index (χ3n) is 3.78. The number of benzene rings is 2. The van der Waals surface area contributed by atoms with E-state index in [4.69, 9.17) is 14.7 Å². The molecule has 0 N–H and O–H groups in total. The summed E-state index contributed by atoms with van der Waals surface area (Å²) in [5.74, 6) is 1.18. The zero-order valence-corrected chi connectivity index (χ0v) is 14.7. The van der Waals surface area contributed by atoms with E-state index in [1.807, 2.05) is 38.1 Å². The first-order chi connectivity index (χ1) is 12.0. The summed E-state index contributed by atoms with van der Waals surface area (Å²) in [4.78, 5) is 14.3. The van der Waals surface area contributed by atoms with E-state index in [2.05, 4.69) is 6.07 Å². The van der Waals surface area contributed by atoms with Gasteiger partial charge >= 0.3 is 0 Å². The molecule has 1 amide bonds. The first kappa shape index (κ1) is 18.3. The molecule has 0 atom stereocenters. The maximum Gasteiger partial charge on any atom is 0.261 e. The van der Waals surface area contributed by atoms with Crippen molar-refractivity contribution in [2.24, 2.45) is 0 Å². The van der Waals surface area contributed by atoms with E-state index in [1.165, 1.54) is 0 Å². The Morgan fingerprint density at radius 1 is 1.16 bits per heavy atom. The number of methoxy groups -OCH3 is 1. The minimum Gasteiger partial charge on any atom is -0.497 e. The van der Waals surface area contributed by atoms with Gasteiger partial charge in [0.1, 0.15) is 11.5 Å². The van der Waals surface area contributed by atoms with Gasteiger partial charge in [-0.3, -0.25) is 4.79 Å². The monoisotopic (exact) mass is 338 g/mol. The Labute approximate surface area is 148 Å². The number of hydrogen-bond acceptors (Lipinski definition) is 4. The van der Waals surface area contributed by atoms with Gasteiger partial charge in [-0.2, -0.15) is 5.26 Å². The van der Waals surface area contributed by atoms with Gasteiger partial charge in [0.15, 0.2) is 6.61 Å². The highest BCUT2D eigenvalue weighted by molar-refractivity contribution is 5.78. The van der Waals surface area contributed by atoms with E-state index in [0.717, 1.165) is 5.56 Å². The first-order valence-corrected chi connectivity index (χ1v) is 8.09. The largest absolute Gasteiger partial charge is 0.497 e. The third-order valence-corrected chi connectivity index (χ3v) is 3.78. The molecule has 2 aromatic rings. The summed E-state index contributed by atoms with van der Waals surface area (Å²) >= 11 is 0. The van der Waals surface area contributed by atoms with Crippen LogP contribution in [0.1, 0.15) is 25.0 Å². The van der Waals surface area contributed by atoms with Crippen molar-refractivity contribution in [1.82, 2.24) is 4.90 Å². The molecule has 0 spiro atoms. The Hall–Kier alpha value is -3.00. The minimum atomic E-state index is -0.0952. The second kappa shape index (κ2) is 8.74. The molecule has 5 nitrogen and oxygen atoms in total. The van der Waals surface area contributed by atoms with Crippen LogP contribution in [0.4, 0.5) is 0 Å². The zero-order valence-electron chi connectivity index (χ0n) is 14.7. The van der Waals surface area contributed by atoms with Crippen molar-refractivity contribution in [1.29, 1.82) is 5.26 Å². The average molecular weight is 338 g/mol. The van der Waals surface area contributed by atoms with Crippen LogP contribution in [0.3, 0.4) is 0 Å². The fourth-order valence-electron chi connectivity index (χ4n) is 2.36. The summed E-state index contributed by atoms with van der Waals surface area (Å²) in [7, 11) is 1.59. The van der Waals surface area contributed by atoms with Crippen molar-refractivity contribution in [2.45, 2.75) is 26.4 Å². The van der Waals surface area contributed by atoms with Gasteiger partial charge in [-0.05, 0) is 43.7 Å². The Kier molecular flexibility index (Phi) is 6.41. The summed E-state index contributed by atoms with van der Waals surface area (Å²) in [5.41, 5.74) is 1.58. The number of ether oxygens (including phenoxy) is 2. The minimum absolute atomic E-state index is 0.0389. The van der Waals surface area contributed by atoms with Gasteiger partial charge < -0.3 is 14.4 Å². The van der Waals surface area contributed by atoms with Gasteiger partial charge in [0.2, 0.25) is 0 Å². The Balaban J connectivity index is 2.00. The van der Waals surface area contributed by atoms with Crippen LogP contribution in [0.15, 0.2) is 48.5 Å². The van der Waals surface area contributed by atoms with Gasteiger partial charge in [-0.25, -0.2) is 0 Å². The molecule has 0 bridgehead atoms. The molecule has 130 valence electrons. The van der Waals surface area contributed by atoms with Crippen molar-refractivity contribution in [3.63, 3.8) is 0 Å². The van der Waals surface area contributed by atoms with Crippen molar-refractivity contribution in [3.8, 4) is 17.6 Å². The SMILES string of the molecule is COc1cccc(OCC(=O)N(Cc2ccc(C#N)cc2)C(C)C)c1. The second-order valence-electron chi connectivity index (χ2n) is 5.89. The van der Waals surface area contributed by atoms with Crippen LogP contribution in [0.5, 0.6) is 11.5 Å². The van der Waals surface area contributed by atoms with Gasteiger partial charge in [0.25, 0.3) is 5.91 Å². The smallest absolute Gasteiger partial charge is 0.261 e. The van der Waals surface area contributed by atoms with Crippen molar-refractivity contribution in [3.05, 3.63) is 59.7 Å². The van der Waals surface area contributed by atoms with E-state index >= 15 is 0 Å². The molecule has 0 aliphatic heterocycles. The van der Waals surface area contributed by atoms with Gasteiger partial charge in [0, 0.05) is 18.7 Å². The maximum absolute atomic E-state index is 12.6. The highest BCUT2D eigenvalue weighted by atomic mass is 16.5. The predicted molar refractivity (Wildman–Crippen MR) is 95.3 cm³/mol. The summed E-state index contributed by atoms with van der Waals surface area (Å²) < 4.78 is 10.7. The second-order valence-corrected chi connectivity index (χ2v) is 5.89. The average Bonchev–Trinajstić information content (AvgIpc) is 2.64. The van der Waals surface area contributed by atoms with Crippen LogP contribution < -0.4 is 9.47 Å². The van der Waals surface area contributed by atoms with Gasteiger partial charge in [-0.15, -0.1) is 0 Å². The molecule has 0 aliphatic carbocycles. The zero-order chi connectivity index (χ0) is 18.2. The molecule has 5 heteroatoms.